The molecule has 0 saturated heterocycles. The highest BCUT2D eigenvalue weighted by atomic mass is 32.2. The van der Waals surface area contributed by atoms with Gasteiger partial charge in [-0.1, -0.05) is 35.2 Å². The number of hydrogen-bond donors (Lipinski definition) is 1. The zero-order valence-corrected chi connectivity index (χ0v) is 16.9. The standard InChI is InChI=1S/C17H17F3N4O3S2/c1-10(25)24(11-6-7-11)15-22-23-16(29-15)28-8-14(26)21-12-4-2-3-5-13(12)27-9-17(18,19)20/h2-5,11H,6-9H2,1H3,(H,21,26). The van der Waals surface area contributed by atoms with Crippen LogP contribution in [0.2, 0.25) is 0 Å². The largest absolute Gasteiger partial charge is 0.482 e. The van der Waals surface area contributed by atoms with E-state index in [4.69, 9.17) is 4.74 Å². The summed E-state index contributed by atoms with van der Waals surface area (Å²) in [5.74, 6) is -0.622. The lowest BCUT2D eigenvalue weighted by molar-refractivity contribution is -0.153. The highest BCUT2D eigenvalue weighted by Gasteiger charge is 2.34. The number of ether oxygens (including phenoxy) is 1. The predicted octanol–water partition coefficient (Wildman–Crippen LogP) is 3.73. The quantitative estimate of drug-likeness (QED) is 0.491. The average molecular weight is 446 g/mol. The van der Waals surface area contributed by atoms with Crippen LogP contribution in [0.4, 0.5) is 24.0 Å². The molecule has 156 valence electrons. The smallest absolute Gasteiger partial charge is 0.422 e. The average Bonchev–Trinajstić information content (AvgIpc) is 3.36. The van der Waals surface area contributed by atoms with Gasteiger partial charge in [0.15, 0.2) is 10.9 Å². The van der Waals surface area contributed by atoms with Crippen molar-refractivity contribution in [2.75, 3.05) is 22.6 Å². The summed E-state index contributed by atoms with van der Waals surface area (Å²) in [6.45, 7) is 0.0219. The first-order chi connectivity index (χ1) is 13.7. The fraction of sp³-hybridized carbons (Fsp3) is 0.412. The van der Waals surface area contributed by atoms with E-state index in [1.54, 1.807) is 11.0 Å². The summed E-state index contributed by atoms with van der Waals surface area (Å²) < 4.78 is 42.3. The summed E-state index contributed by atoms with van der Waals surface area (Å²) in [7, 11) is 0. The number of thioether (sulfide) groups is 1. The second kappa shape index (κ2) is 8.99. The van der Waals surface area contributed by atoms with Gasteiger partial charge in [0.1, 0.15) is 5.75 Å². The molecule has 0 atom stereocenters. The topological polar surface area (TPSA) is 84.4 Å². The Balaban J connectivity index is 1.55. The van der Waals surface area contributed by atoms with Gasteiger partial charge in [0, 0.05) is 13.0 Å². The zero-order chi connectivity index (χ0) is 21.0. The molecule has 1 aromatic carbocycles. The van der Waals surface area contributed by atoms with E-state index in [-0.39, 0.29) is 29.1 Å². The SMILES string of the molecule is CC(=O)N(c1nnc(SCC(=O)Nc2ccccc2OCC(F)(F)F)s1)C1CC1. The van der Waals surface area contributed by atoms with Crippen LogP contribution in [0.3, 0.4) is 0 Å². The van der Waals surface area contributed by atoms with Gasteiger partial charge >= 0.3 is 6.18 Å². The van der Waals surface area contributed by atoms with Crippen molar-refractivity contribution in [3.63, 3.8) is 0 Å². The molecule has 7 nitrogen and oxygen atoms in total. The van der Waals surface area contributed by atoms with Gasteiger partial charge in [-0.15, -0.1) is 10.2 Å². The summed E-state index contributed by atoms with van der Waals surface area (Å²) in [6, 6.07) is 6.06. The summed E-state index contributed by atoms with van der Waals surface area (Å²) in [4.78, 5) is 25.6. The number of rotatable bonds is 8. The summed E-state index contributed by atoms with van der Waals surface area (Å²) in [5, 5.41) is 11.0. The number of amides is 2. The lowest BCUT2D eigenvalue weighted by Gasteiger charge is -2.15. The molecule has 2 aromatic rings. The zero-order valence-electron chi connectivity index (χ0n) is 15.2. The van der Waals surface area contributed by atoms with Gasteiger partial charge in [0.05, 0.1) is 11.4 Å². The van der Waals surface area contributed by atoms with Gasteiger partial charge in [0.2, 0.25) is 16.9 Å². The van der Waals surface area contributed by atoms with E-state index in [9.17, 15) is 22.8 Å². The number of carbonyl (C=O) groups is 2. The maximum absolute atomic E-state index is 12.4. The number of anilines is 2. The molecule has 1 fully saturated rings. The number of hydrogen-bond acceptors (Lipinski definition) is 7. The van der Waals surface area contributed by atoms with Crippen LogP contribution < -0.4 is 15.0 Å². The van der Waals surface area contributed by atoms with Crippen molar-refractivity contribution in [1.29, 1.82) is 0 Å². The van der Waals surface area contributed by atoms with Crippen LogP contribution in [0.1, 0.15) is 19.8 Å². The van der Waals surface area contributed by atoms with E-state index >= 15 is 0 Å². The first-order valence-electron chi connectivity index (χ1n) is 8.57. The molecular weight excluding hydrogens is 429 g/mol. The third kappa shape index (κ3) is 6.32. The number of benzene rings is 1. The number of nitrogens with zero attached hydrogens (tertiary/aromatic N) is 3. The lowest BCUT2D eigenvalue weighted by atomic mass is 10.3. The van der Waals surface area contributed by atoms with Crippen molar-refractivity contribution in [2.24, 2.45) is 0 Å². The molecule has 1 aromatic heterocycles. The molecule has 0 spiro atoms. The van der Waals surface area contributed by atoms with E-state index in [0.29, 0.717) is 9.47 Å². The summed E-state index contributed by atoms with van der Waals surface area (Å²) >= 11 is 2.34. The highest BCUT2D eigenvalue weighted by molar-refractivity contribution is 8.01. The summed E-state index contributed by atoms with van der Waals surface area (Å²) in [5.41, 5.74) is 0.150. The molecule has 1 aliphatic rings. The molecule has 3 rings (SSSR count). The first kappa shape index (κ1) is 21.4. The van der Waals surface area contributed by atoms with E-state index in [1.807, 2.05) is 0 Å². The van der Waals surface area contributed by atoms with Crippen LogP contribution in [0.5, 0.6) is 5.75 Å². The summed E-state index contributed by atoms with van der Waals surface area (Å²) in [6.07, 6.45) is -2.61. The molecule has 0 unspecified atom stereocenters. The molecule has 1 heterocycles. The van der Waals surface area contributed by atoms with Crippen LogP contribution in [-0.2, 0) is 9.59 Å². The van der Waals surface area contributed by atoms with E-state index < -0.39 is 18.7 Å². The molecule has 1 N–H and O–H groups in total. The van der Waals surface area contributed by atoms with Gasteiger partial charge in [-0.3, -0.25) is 14.5 Å². The van der Waals surface area contributed by atoms with Crippen molar-refractivity contribution in [2.45, 2.75) is 36.3 Å². The van der Waals surface area contributed by atoms with Crippen LogP contribution in [0, 0.1) is 0 Å². The van der Waals surface area contributed by atoms with Gasteiger partial charge < -0.3 is 10.1 Å². The Morgan fingerprint density at radius 3 is 2.69 bits per heavy atom. The lowest BCUT2D eigenvalue weighted by Crippen LogP contribution is -2.30. The molecule has 1 saturated carbocycles. The molecule has 2 amide bonds. The van der Waals surface area contributed by atoms with Gasteiger partial charge in [0.25, 0.3) is 0 Å². The number of nitrogens with one attached hydrogen (secondary N) is 1. The Bertz CT molecular complexity index is 887. The Hall–Kier alpha value is -2.34. The first-order valence-corrected chi connectivity index (χ1v) is 10.4. The monoisotopic (exact) mass is 446 g/mol. The van der Waals surface area contributed by atoms with Gasteiger partial charge in [-0.25, -0.2) is 0 Å². The normalized spacial score (nSPS) is 13.8. The van der Waals surface area contributed by atoms with E-state index in [2.05, 4.69) is 15.5 Å². The Morgan fingerprint density at radius 2 is 2.03 bits per heavy atom. The van der Waals surface area contributed by atoms with Crippen LogP contribution in [0.25, 0.3) is 0 Å². The molecule has 12 heteroatoms. The molecule has 0 bridgehead atoms. The maximum Gasteiger partial charge on any atom is 0.422 e. The number of aromatic nitrogens is 2. The van der Waals surface area contributed by atoms with Gasteiger partial charge in [-0.05, 0) is 25.0 Å². The van der Waals surface area contributed by atoms with E-state index in [1.165, 1.54) is 36.5 Å². The van der Waals surface area contributed by atoms with Crippen molar-refractivity contribution in [1.82, 2.24) is 10.2 Å². The number of para-hydroxylation sites is 2. The van der Waals surface area contributed by atoms with Crippen molar-refractivity contribution in [3.05, 3.63) is 24.3 Å². The molecular formula is C17H17F3N4O3S2. The maximum atomic E-state index is 12.4. The minimum Gasteiger partial charge on any atom is -0.482 e. The molecule has 0 radical (unpaired) electrons. The molecule has 0 aliphatic heterocycles. The Kier molecular flexibility index (Phi) is 6.63. The van der Waals surface area contributed by atoms with Crippen molar-refractivity contribution >= 4 is 45.7 Å². The second-order valence-electron chi connectivity index (χ2n) is 6.21. The van der Waals surface area contributed by atoms with Crippen LogP contribution in [-0.4, -0.2) is 46.6 Å². The predicted molar refractivity (Wildman–Crippen MR) is 103 cm³/mol. The molecule has 29 heavy (non-hydrogen) atoms. The number of alkyl halides is 3. The van der Waals surface area contributed by atoms with Crippen LogP contribution >= 0.6 is 23.1 Å². The van der Waals surface area contributed by atoms with E-state index in [0.717, 1.165) is 24.6 Å². The third-order valence-electron chi connectivity index (χ3n) is 3.73. The van der Waals surface area contributed by atoms with Crippen LogP contribution in [0.15, 0.2) is 28.6 Å². The van der Waals surface area contributed by atoms with Gasteiger partial charge in [-0.2, -0.15) is 13.2 Å². The van der Waals surface area contributed by atoms with Crippen molar-refractivity contribution < 1.29 is 27.5 Å². The minimum atomic E-state index is -4.48. The second-order valence-corrected chi connectivity index (χ2v) is 8.39. The number of halogens is 3. The fourth-order valence-corrected chi connectivity index (χ4v) is 4.16. The minimum absolute atomic E-state index is 0.0221. The highest BCUT2D eigenvalue weighted by Crippen LogP contribution is 2.36. The third-order valence-corrected chi connectivity index (χ3v) is 5.79. The fourth-order valence-electron chi connectivity index (χ4n) is 2.41. The van der Waals surface area contributed by atoms with Crippen molar-refractivity contribution in [3.8, 4) is 5.75 Å². The Labute approximate surface area is 172 Å². The Morgan fingerprint density at radius 1 is 1.31 bits per heavy atom. The molecule has 1 aliphatic carbocycles. The number of carbonyl (C=O) groups excluding carboxylic acids is 2.